The molecular formula is C23H39NO4. The molecule has 5 heteroatoms. The number of aliphatic carboxylic acids is 1. The molecule has 0 aromatic carbocycles. The first-order valence-electron chi connectivity index (χ1n) is 11.5. The fourth-order valence-electron chi connectivity index (χ4n) is 6.33. The van der Waals surface area contributed by atoms with Crippen molar-refractivity contribution in [1.82, 2.24) is 4.90 Å². The van der Waals surface area contributed by atoms with Gasteiger partial charge in [0.25, 0.3) is 0 Å². The summed E-state index contributed by atoms with van der Waals surface area (Å²) in [5.41, 5.74) is 0. The second-order valence-corrected chi connectivity index (χ2v) is 9.36. The molecule has 3 rings (SSSR count). The lowest BCUT2D eigenvalue weighted by molar-refractivity contribution is -0.146. The van der Waals surface area contributed by atoms with Crippen LogP contribution in [0, 0.1) is 17.8 Å². The van der Waals surface area contributed by atoms with Crippen molar-refractivity contribution in [1.29, 1.82) is 0 Å². The molecule has 3 aliphatic rings. The van der Waals surface area contributed by atoms with Gasteiger partial charge in [0.15, 0.2) is 0 Å². The summed E-state index contributed by atoms with van der Waals surface area (Å²) < 4.78 is 0. The van der Waals surface area contributed by atoms with Crippen LogP contribution in [0.1, 0.15) is 78.1 Å². The molecule has 28 heavy (non-hydrogen) atoms. The molecule has 160 valence electrons. The molecule has 2 unspecified atom stereocenters. The van der Waals surface area contributed by atoms with E-state index in [1.807, 2.05) is 12.2 Å². The van der Waals surface area contributed by atoms with Crippen molar-refractivity contribution in [3.05, 3.63) is 12.2 Å². The van der Waals surface area contributed by atoms with Gasteiger partial charge in [-0.05, 0) is 50.4 Å². The molecule has 3 fully saturated rings. The Labute approximate surface area is 169 Å². The number of aliphatic hydroxyl groups excluding tert-OH is 2. The Morgan fingerprint density at radius 3 is 2.54 bits per heavy atom. The van der Waals surface area contributed by atoms with Crippen molar-refractivity contribution in [3.63, 3.8) is 0 Å². The molecule has 0 spiro atoms. The number of carbonyl (C=O) groups is 1. The van der Waals surface area contributed by atoms with Crippen molar-refractivity contribution in [2.24, 2.45) is 17.8 Å². The van der Waals surface area contributed by atoms with Crippen LogP contribution in [0.15, 0.2) is 12.2 Å². The van der Waals surface area contributed by atoms with E-state index in [1.54, 1.807) is 0 Å². The highest BCUT2D eigenvalue weighted by atomic mass is 16.4. The Morgan fingerprint density at radius 2 is 1.89 bits per heavy atom. The van der Waals surface area contributed by atoms with Crippen molar-refractivity contribution in [2.75, 3.05) is 0 Å². The van der Waals surface area contributed by atoms with E-state index in [0.717, 1.165) is 57.8 Å². The second kappa shape index (κ2) is 9.73. The van der Waals surface area contributed by atoms with Crippen molar-refractivity contribution < 1.29 is 20.1 Å². The van der Waals surface area contributed by atoms with E-state index in [4.69, 9.17) is 0 Å². The molecule has 5 nitrogen and oxygen atoms in total. The monoisotopic (exact) mass is 393 g/mol. The fraction of sp³-hybridized carbons (Fsp3) is 0.870. The topological polar surface area (TPSA) is 81.0 Å². The minimum atomic E-state index is -0.716. The average molecular weight is 394 g/mol. The highest BCUT2D eigenvalue weighted by Crippen LogP contribution is 2.49. The summed E-state index contributed by atoms with van der Waals surface area (Å²) >= 11 is 0. The van der Waals surface area contributed by atoms with Gasteiger partial charge >= 0.3 is 5.97 Å². The number of rotatable bonds is 9. The normalized spacial score (nSPS) is 36.8. The minimum Gasteiger partial charge on any atom is -0.480 e. The molecule has 0 amide bonds. The Hall–Kier alpha value is -0.910. The first-order valence-corrected chi connectivity index (χ1v) is 11.5. The van der Waals surface area contributed by atoms with Crippen molar-refractivity contribution >= 4 is 5.97 Å². The Bertz CT molecular complexity index is 545. The molecule has 3 N–H and O–H groups in total. The zero-order valence-corrected chi connectivity index (χ0v) is 17.5. The van der Waals surface area contributed by atoms with Gasteiger partial charge in [0, 0.05) is 18.0 Å². The van der Waals surface area contributed by atoms with Crippen LogP contribution in [0.25, 0.3) is 0 Å². The fourth-order valence-corrected chi connectivity index (χ4v) is 6.33. The van der Waals surface area contributed by atoms with Gasteiger partial charge in [0.1, 0.15) is 6.04 Å². The van der Waals surface area contributed by atoms with Gasteiger partial charge in [-0.1, -0.05) is 51.7 Å². The van der Waals surface area contributed by atoms with Gasteiger partial charge < -0.3 is 15.3 Å². The second-order valence-electron chi connectivity index (χ2n) is 9.36. The lowest BCUT2D eigenvalue weighted by Crippen LogP contribution is -2.51. The zero-order chi connectivity index (χ0) is 20.3. The van der Waals surface area contributed by atoms with Crippen LogP contribution < -0.4 is 0 Å². The summed E-state index contributed by atoms with van der Waals surface area (Å²) in [7, 11) is 0. The lowest BCUT2D eigenvalue weighted by atomic mass is 9.87. The number of carboxylic acid groups (broad SMARTS) is 1. The number of hydrogen-bond donors (Lipinski definition) is 3. The predicted molar refractivity (Wildman–Crippen MR) is 110 cm³/mol. The summed E-state index contributed by atoms with van der Waals surface area (Å²) in [4.78, 5) is 13.9. The van der Waals surface area contributed by atoms with Crippen LogP contribution in [-0.4, -0.2) is 56.5 Å². The molecule has 2 aliphatic heterocycles. The number of aliphatic hydroxyl groups is 2. The SMILES string of the molecule is CCCC(CCC)C[C@@H](O)C=C[C@@H]1[C@H]2CC3CCCC(C(=O)O)N3[C@@H]2C[C@H]1O. The molecule has 7 atom stereocenters. The van der Waals surface area contributed by atoms with Gasteiger partial charge in [0.2, 0.25) is 0 Å². The number of hydrogen-bond acceptors (Lipinski definition) is 4. The van der Waals surface area contributed by atoms with E-state index in [2.05, 4.69) is 18.7 Å². The maximum absolute atomic E-state index is 11.7. The summed E-state index contributed by atoms with van der Waals surface area (Å²) in [5.74, 6) is 0.195. The van der Waals surface area contributed by atoms with Gasteiger partial charge in [0.05, 0.1) is 12.2 Å². The highest BCUT2D eigenvalue weighted by molar-refractivity contribution is 5.73. The molecule has 1 saturated carbocycles. The standard InChI is InChI=1S/C23H39NO4/c1-3-6-15(7-4-2)12-17(25)10-11-18-19-13-16-8-5-9-20(23(27)28)24(16)21(19)14-22(18)26/h10-11,15-22,25-26H,3-9,12-14H2,1-2H3,(H,27,28)/t16?,17-,18+,19+,20?,21+,22+/m0/s1. The summed E-state index contributed by atoms with van der Waals surface area (Å²) in [5, 5.41) is 30.8. The van der Waals surface area contributed by atoms with Gasteiger partial charge in [-0.3, -0.25) is 9.69 Å². The van der Waals surface area contributed by atoms with Crippen LogP contribution in [-0.2, 0) is 4.79 Å². The third-order valence-corrected chi connectivity index (χ3v) is 7.45. The molecule has 0 bridgehead atoms. The molecule has 2 heterocycles. The number of carboxylic acids is 1. The van der Waals surface area contributed by atoms with E-state index in [9.17, 15) is 20.1 Å². The van der Waals surface area contributed by atoms with E-state index in [0.29, 0.717) is 24.3 Å². The first kappa shape index (κ1) is 21.8. The average Bonchev–Trinajstić information content (AvgIpc) is 3.14. The van der Waals surface area contributed by atoms with Gasteiger partial charge in [-0.15, -0.1) is 0 Å². The summed E-state index contributed by atoms with van der Waals surface area (Å²) in [6, 6.07) is 0.121. The van der Waals surface area contributed by atoms with Crippen LogP contribution in [0.4, 0.5) is 0 Å². The van der Waals surface area contributed by atoms with Crippen molar-refractivity contribution in [2.45, 2.75) is 108 Å². The molecule has 0 aromatic rings. The number of piperidine rings is 1. The maximum Gasteiger partial charge on any atom is 0.320 e. The third kappa shape index (κ3) is 4.63. The van der Waals surface area contributed by atoms with E-state index >= 15 is 0 Å². The van der Waals surface area contributed by atoms with Gasteiger partial charge in [-0.2, -0.15) is 0 Å². The summed E-state index contributed by atoms with van der Waals surface area (Å²) in [6.45, 7) is 4.39. The first-order chi connectivity index (χ1) is 13.5. The Balaban J connectivity index is 1.64. The Kier molecular flexibility index (Phi) is 7.57. The molecule has 1 aliphatic carbocycles. The maximum atomic E-state index is 11.7. The third-order valence-electron chi connectivity index (χ3n) is 7.45. The van der Waals surface area contributed by atoms with Crippen LogP contribution >= 0.6 is 0 Å². The lowest BCUT2D eigenvalue weighted by Gasteiger charge is -2.38. The van der Waals surface area contributed by atoms with E-state index < -0.39 is 24.2 Å². The number of fused-ring (bicyclic) bond motifs is 3. The summed E-state index contributed by atoms with van der Waals surface area (Å²) in [6.07, 6.45) is 12.9. The minimum absolute atomic E-state index is 0.0375. The molecule has 0 aromatic heterocycles. The molecule has 2 saturated heterocycles. The quantitative estimate of drug-likeness (QED) is 0.522. The Morgan fingerprint density at radius 1 is 1.18 bits per heavy atom. The molecular weight excluding hydrogens is 354 g/mol. The largest absolute Gasteiger partial charge is 0.480 e. The smallest absolute Gasteiger partial charge is 0.320 e. The van der Waals surface area contributed by atoms with Crippen LogP contribution in [0.2, 0.25) is 0 Å². The number of nitrogens with zero attached hydrogens (tertiary/aromatic N) is 1. The van der Waals surface area contributed by atoms with E-state index in [1.165, 1.54) is 0 Å². The molecule has 0 radical (unpaired) electrons. The van der Waals surface area contributed by atoms with E-state index in [-0.39, 0.29) is 12.0 Å². The van der Waals surface area contributed by atoms with Crippen molar-refractivity contribution in [3.8, 4) is 0 Å². The van der Waals surface area contributed by atoms with Crippen LogP contribution in [0.3, 0.4) is 0 Å². The zero-order valence-electron chi connectivity index (χ0n) is 17.5. The van der Waals surface area contributed by atoms with Gasteiger partial charge in [-0.25, -0.2) is 0 Å². The highest BCUT2D eigenvalue weighted by Gasteiger charge is 2.54. The van der Waals surface area contributed by atoms with Crippen LogP contribution in [0.5, 0.6) is 0 Å². The predicted octanol–water partition coefficient (Wildman–Crippen LogP) is 3.59.